The second-order valence-electron chi connectivity index (χ2n) is 7.83. The van der Waals surface area contributed by atoms with E-state index in [4.69, 9.17) is 16.3 Å². The summed E-state index contributed by atoms with van der Waals surface area (Å²) in [5, 5.41) is 12.7. The van der Waals surface area contributed by atoms with E-state index >= 15 is 0 Å². The number of amides is 1. The quantitative estimate of drug-likeness (QED) is 0.719. The van der Waals surface area contributed by atoms with Gasteiger partial charge in [0.15, 0.2) is 0 Å². The highest BCUT2D eigenvalue weighted by atomic mass is 35.5. The highest BCUT2D eigenvalue weighted by Gasteiger charge is 2.38. The first kappa shape index (κ1) is 20.6. The maximum absolute atomic E-state index is 12.3. The first-order chi connectivity index (χ1) is 12.2. The molecule has 3 atom stereocenters. The normalized spacial score (nSPS) is 22.0. The molecule has 2 rings (SSSR count). The second-order valence-corrected chi connectivity index (χ2v) is 8.27. The van der Waals surface area contributed by atoms with E-state index in [0.717, 1.165) is 31.2 Å². The zero-order valence-corrected chi connectivity index (χ0v) is 16.4. The average molecular weight is 382 g/mol. The summed E-state index contributed by atoms with van der Waals surface area (Å²) in [6.45, 7) is 5.37. The molecular formula is C20H28ClNO4. The number of hydrogen-bond donors (Lipinski definition) is 2. The summed E-state index contributed by atoms with van der Waals surface area (Å²) in [6.07, 6.45) is 3.05. The maximum atomic E-state index is 12.3. The molecule has 1 fully saturated rings. The van der Waals surface area contributed by atoms with Crippen molar-refractivity contribution in [2.45, 2.75) is 64.5 Å². The van der Waals surface area contributed by atoms with Crippen LogP contribution < -0.4 is 5.32 Å². The minimum absolute atomic E-state index is 0.137. The van der Waals surface area contributed by atoms with E-state index in [1.54, 1.807) is 0 Å². The van der Waals surface area contributed by atoms with Crippen LogP contribution in [0.3, 0.4) is 0 Å². The fourth-order valence-corrected chi connectivity index (χ4v) is 3.97. The lowest BCUT2D eigenvalue weighted by atomic mass is 9.91. The van der Waals surface area contributed by atoms with Crippen LogP contribution in [0.25, 0.3) is 0 Å². The van der Waals surface area contributed by atoms with Crippen LogP contribution in [0.2, 0.25) is 5.02 Å². The van der Waals surface area contributed by atoms with Gasteiger partial charge in [-0.15, -0.1) is 0 Å². The fraction of sp³-hybridized carbons (Fsp3) is 0.600. The summed E-state index contributed by atoms with van der Waals surface area (Å²) in [6, 6.07) is 7.70. The molecule has 1 saturated carbocycles. The van der Waals surface area contributed by atoms with Crippen molar-refractivity contribution in [1.82, 2.24) is 5.32 Å². The third kappa shape index (κ3) is 5.63. The number of rotatable bonds is 7. The van der Waals surface area contributed by atoms with Crippen molar-refractivity contribution < 1.29 is 19.4 Å². The SMILES string of the molecule is CC(C)C[C@@](C)(NC(=O)OC1CCCC1Cc1cccc(Cl)c1)C(=O)O. The molecule has 5 nitrogen and oxygen atoms in total. The average Bonchev–Trinajstić information content (AvgIpc) is 2.92. The molecule has 1 aliphatic rings. The van der Waals surface area contributed by atoms with Crippen molar-refractivity contribution in [3.63, 3.8) is 0 Å². The number of hydrogen-bond acceptors (Lipinski definition) is 3. The summed E-state index contributed by atoms with van der Waals surface area (Å²) >= 11 is 6.04. The number of ether oxygens (including phenoxy) is 1. The Balaban J connectivity index is 1.97. The molecule has 0 heterocycles. The molecule has 0 bridgehead atoms. The summed E-state index contributed by atoms with van der Waals surface area (Å²) in [7, 11) is 0. The van der Waals surface area contributed by atoms with Gasteiger partial charge in [0, 0.05) is 10.9 Å². The summed E-state index contributed by atoms with van der Waals surface area (Å²) < 4.78 is 5.61. The first-order valence-electron chi connectivity index (χ1n) is 9.16. The summed E-state index contributed by atoms with van der Waals surface area (Å²) in [4.78, 5) is 23.9. The molecule has 2 N–H and O–H groups in total. The van der Waals surface area contributed by atoms with E-state index in [-0.39, 0.29) is 17.9 Å². The van der Waals surface area contributed by atoms with E-state index < -0.39 is 17.6 Å². The number of benzene rings is 1. The highest BCUT2D eigenvalue weighted by Crippen LogP contribution is 2.32. The largest absolute Gasteiger partial charge is 0.480 e. The molecule has 1 amide bonds. The Morgan fingerprint density at radius 2 is 2.12 bits per heavy atom. The molecule has 1 aromatic carbocycles. The van der Waals surface area contributed by atoms with E-state index in [9.17, 15) is 14.7 Å². The Hall–Kier alpha value is -1.75. The topological polar surface area (TPSA) is 75.6 Å². The number of nitrogens with one attached hydrogen (secondary N) is 1. The van der Waals surface area contributed by atoms with Crippen molar-refractivity contribution in [3.8, 4) is 0 Å². The van der Waals surface area contributed by atoms with Gasteiger partial charge >= 0.3 is 12.1 Å². The molecule has 6 heteroatoms. The third-order valence-electron chi connectivity index (χ3n) is 4.90. The van der Waals surface area contributed by atoms with Crippen LogP contribution in [0.4, 0.5) is 4.79 Å². The van der Waals surface area contributed by atoms with Gasteiger partial charge in [-0.25, -0.2) is 9.59 Å². The Morgan fingerprint density at radius 3 is 2.73 bits per heavy atom. The van der Waals surface area contributed by atoms with Crippen molar-refractivity contribution in [1.29, 1.82) is 0 Å². The predicted octanol–water partition coefficient (Wildman–Crippen LogP) is 4.67. The van der Waals surface area contributed by atoms with Crippen LogP contribution in [-0.4, -0.2) is 28.8 Å². The van der Waals surface area contributed by atoms with Gasteiger partial charge in [-0.3, -0.25) is 0 Å². The first-order valence-corrected chi connectivity index (χ1v) is 9.54. The summed E-state index contributed by atoms with van der Waals surface area (Å²) in [5.41, 5.74) is -0.208. The number of carbonyl (C=O) groups excluding carboxylic acids is 1. The number of carbonyl (C=O) groups is 2. The van der Waals surface area contributed by atoms with Gasteiger partial charge in [0.25, 0.3) is 0 Å². The number of halogens is 1. The molecule has 1 aliphatic carbocycles. The van der Waals surface area contributed by atoms with Crippen molar-refractivity contribution in [3.05, 3.63) is 34.9 Å². The minimum Gasteiger partial charge on any atom is -0.480 e. The van der Waals surface area contributed by atoms with Gasteiger partial charge in [0.05, 0.1) is 0 Å². The Bertz CT molecular complexity index is 648. The van der Waals surface area contributed by atoms with Crippen LogP contribution in [-0.2, 0) is 16.0 Å². The Labute approximate surface area is 160 Å². The van der Waals surface area contributed by atoms with Crippen molar-refractivity contribution in [2.24, 2.45) is 11.8 Å². The number of carboxylic acid groups (broad SMARTS) is 1. The van der Waals surface area contributed by atoms with Crippen molar-refractivity contribution in [2.75, 3.05) is 0 Å². The molecule has 0 radical (unpaired) electrons. The third-order valence-corrected chi connectivity index (χ3v) is 5.14. The van der Waals surface area contributed by atoms with Gasteiger partial charge < -0.3 is 15.2 Å². The molecule has 26 heavy (non-hydrogen) atoms. The van der Waals surface area contributed by atoms with Gasteiger partial charge in [0.1, 0.15) is 11.6 Å². The van der Waals surface area contributed by atoms with Gasteiger partial charge in [-0.05, 0) is 62.6 Å². The zero-order valence-electron chi connectivity index (χ0n) is 15.6. The van der Waals surface area contributed by atoms with Gasteiger partial charge in [-0.1, -0.05) is 37.6 Å². The molecule has 1 aromatic rings. The Kier molecular flexibility index (Phi) is 6.93. The molecule has 0 aromatic heterocycles. The maximum Gasteiger partial charge on any atom is 0.408 e. The van der Waals surface area contributed by atoms with Crippen LogP contribution in [0.1, 0.15) is 52.0 Å². The van der Waals surface area contributed by atoms with Crippen LogP contribution in [0, 0.1) is 11.8 Å². The van der Waals surface area contributed by atoms with E-state index in [1.807, 2.05) is 38.1 Å². The van der Waals surface area contributed by atoms with E-state index in [1.165, 1.54) is 6.92 Å². The van der Waals surface area contributed by atoms with Crippen LogP contribution >= 0.6 is 11.6 Å². The fourth-order valence-electron chi connectivity index (χ4n) is 3.76. The van der Waals surface area contributed by atoms with Gasteiger partial charge in [-0.2, -0.15) is 0 Å². The molecule has 144 valence electrons. The lowest BCUT2D eigenvalue weighted by Gasteiger charge is -2.29. The van der Waals surface area contributed by atoms with Crippen LogP contribution in [0.5, 0.6) is 0 Å². The van der Waals surface area contributed by atoms with Gasteiger partial charge in [0.2, 0.25) is 0 Å². The molecule has 0 spiro atoms. The van der Waals surface area contributed by atoms with Crippen molar-refractivity contribution >= 4 is 23.7 Å². The highest BCUT2D eigenvalue weighted by molar-refractivity contribution is 6.30. The molecule has 0 aliphatic heterocycles. The predicted molar refractivity (Wildman–Crippen MR) is 101 cm³/mol. The zero-order chi connectivity index (χ0) is 19.3. The van der Waals surface area contributed by atoms with Crippen LogP contribution in [0.15, 0.2) is 24.3 Å². The monoisotopic (exact) mass is 381 g/mol. The number of alkyl carbamates (subject to hydrolysis) is 1. The molecule has 2 unspecified atom stereocenters. The standard InChI is InChI=1S/C20H28ClNO4/c1-13(2)12-20(3,18(23)24)22-19(25)26-17-9-5-7-15(17)10-14-6-4-8-16(21)11-14/h4,6,8,11,13,15,17H,5,7,9-10,12H2,1-3H3,(H,22,25)(H,23,24)/t15?,17?,20-/m1/s1. The lowest BCUT2D eigenvalue weighted by molar-refractivity contribution is -0.144. The molecule has 0 saturated heterocycles. The Morgan fingerprint density at radius 1 is 1.38 bits per heavy atom. The number of carboxylic acids is 1. The summed E-state index contributed by atoms with van der Waals surface area (Å²) in [5.74, 6) is -0.691. The lowest BCUT2D eigenvalue weighted by Crippen LogP contribution is -2.53. The number of aliphatic carboxylic acids is 1. The smallest absolute Gasteiger partial charge is 0.408 e. The van der Waals surface area contributed by atoms with E-state index in [0.29, 0.717) is 11.4 Å². The van der Waals surface area contributed by atoms with E-state index in [2.05, 4.69) is 5.32 Å². The minimum atomic E-state index is -1.33. The molecular weight excluding hydrogens is 354 g/mol. The second kappa shape index (κ2) is 8.76.